The molecule has 1 unspecified atom stereocenters. The Morgan fingerprint density at radius 1 is 1.10 bits per heavy atom. The summed E-state index contributed by atoms with van der Waals surface area (Å²) >= 11 is 3.43. The van der Waals surface area contributed by atoms with Gasteiger partial charge in [0.05, 0.1) is 6.04 Å². The van der Waals surface area contributed by atoms with Crippen molar-refractivity contribution < 1.29 is 4.79 Å². The largest absolute Gasteiger partial charge is 0.335 e. The van der Waals surface area contributed by atoms with Gasteiger partial charge in [-0.1, -0.05) is 51.8 Å². The fourth-order valence-electron chi connectivity index (χ4n) is 2.26. The lowest BCUT2D eigenvalue weighted by molar-refractivity contribution is 0.0742. The summed E-state index contributed by atoms with van der Waals surface area (Å²) in [6.45, 7) is 6.08. The zero-order valence-corrected chi connectivity index (χ0v) is 14.4. The van der Waals surface area contributed by atoms with Crippen LogP contribution in [0.2, 0.25) is 0 Å². The smallest absolute Gasteiger partial charge is 0.254 e. The highest BCUT2D eigenvalue weighted by Gasteiger charge is 2.20. The highest BCUT2D eigenvalue weighted by atomic mass is 79.9. The van der Waals surface area contributed by atoms with Gasteiger partial charge in [-0.15, -0.1) is 0 Å². The lowest BCUT2D eigenvalue weighted by Crippen LogP contribution is -2.30. The van der Waals surface area contributed by atoms with Crippen molar-refractivity contribution in [3.05, 3.63) is 69.2 Å². The fraction of sp³-hybridized carbons (Fsp3) is 0.278. The molecule has 0 aliphatic carbocycles. The predicted octanol–water partition coefficient (Wildman–Crippen LogP) is 4.90. The molecule has 2 aromatic rings. The van der Waals surface area contributed by atoms with Gasteiger partial charge in [-0.3, -0.25) is 4.79 Å². The van der Waals surface area contributed by atoms with Crippen LogP contribution < -0.4 is 0 Å². The summed E-state index contributed by atoms with van der Waals surface area (Å²) in [6.07, 6.45) is 0. The molecule has 0 heterocycles. The molecule has 2 aromatic carbocycles. The number of amides is 1. The molecule has 0 N–H and O–H groups in total. The van der Waals surface area contributed by atoms with Gasteiger partial charge in [-0.25, -0.2) is 0 Å². The van der Waals surface area contributed by atoms with E-state index in [9.17, 15) is 4.79 Å². The number of hydrogen-bond acceptors (Lipinski definition) is 1. The predicted molar refractivity (Wildman–Crippen MR) is 90.6 cm³/mol. The van der Waals surface area contributed by atoms with Crippen LogP contribution in [0.15, 0.2) is 46.9 Å². The number of carbonyl (C=O) groups is 1. The SMILES string of the molecule is Cc1ccc(C(C)N(C)C(=O)c2cc(Br)ccc2C)cc1. The first-order chi connectivity index (χ1) is 9.90. The molecule has 2 nitrogen and oxygen atoms in total. The Kier molecular flexibility index (Phi) is 4.84. The van der Waals surface area contributed by atoms with Gasteiger partial charge in [0.1, 0.15) is 0 Å². The first-order valence-electron chi connectivity index (χ1n) is 7.00. The summed E-state index contributed by atoms with van der Waals surface area (Å²) in [7, 11) is 1.85. The van der Waals surface area contributed by atoms with Crippen LogP contribution >= 0.6 is 15.9 Å². The van der Waals surface area contributed by atoms with Crippen molar-refractivity contribution >= 4 is 21.8 Å². The van der Waals surface area contributed by atoms with Crippen molar-refractivity contribution in [3.63, 3.8) is 0 Å². The number of aryl methyl sites for hydroxylation is 2. The number of rotatable bonds is 3. The van der Waals surface area contributed by atoms with Crippen molar-refractivity contribution in [1.29, 1.82) is 0 Å². The minimum absolute atomic E-state index is 0.0384. The zero-order valence-electron chi connectivity index (χ0n) is 12.9. The summed E-state index contributed by atoms with van der Waals surface area (Å²) in [5.74, 6) is 0.0434. The maximum absolute atomic E-state index is 12.7. The maximum Gasteiger partial charge on any atom is 0.254 e. The second-order valence-electron chi connectivity index (χ2n) is 5.46. The molecule has 2 rings (SSSR count). The van der Waals surface area contributed by atoms with E-state index in [0.29, 0.717) is 0 Å². The molecule has 0 radical (unpaired) electrons. The Balaban J connectivity index is 2.26. The molecule has 3 heteroatoms. The van der Waals surface area contributed by atoms with E-state index in [1.54, 1.807) is 4.90 Å². The Morgan fingerprint density at radius 2 is 1.71 bits per heavy atom. The Morgan fingerprint density at radius 3 is 2.33 bits per heavy atom. The Hall–Kier alpha value is -1.61. The Labute approximate surface area is 134 Å². The number of hydrogen-bond donors (Lipinski definition) is 0. The molecule has 0 spiro atoms. The highest BCUT2D eigenvalue weighted by molar-refractivity contribution is 9.10. The second kappa shape index (κ2) is 6.44. The van der Waals surface area contributed by atoms with Crippen LogP contribution in [0.3, 0.4) is 0 Å². The number of carbonyl (C=O) groups excluding carboxylic acids is 1. The molecule has 0 aliphatic heterocycles. The van der Waals surface area contributed by atoms with E-state index >= 15 is 0 Å². The molecule has 0 saturated carbocycles. The number of halogens is 1. The van der Waals surface area contributed by atoms with Crippen LogP contribution in [0.1, 0.15) is 40.0 Å². The first kappa shape index (κ1) is 15.8. The van der Waals surface area contributed by atoms with E-state index in [0.717, 1.165) is 21.2 Å². The molecule has 110 valence electrons. The standard InChI is InChI=1S/C18H20BrNO/c1-12-5-8-15(9-6-12)14(3)20(4)18(21)17-11-16(19)10-7-13(17)2/h5-11,14H,1-4H3. The summed E-state index contributed by atoms with van der Waals surface area (Å²) < 4.78 is 0.924. The van der Waals surface area contributed by atoms with Crippen LogP contribution in [0, 0.1) is 13.8 Å². The van der Waals surface area contributed by atoms with Crippen molar-refractivity contribution in [2.24, 2.45) is 0 Å². The fourth-order valence-corrected chi connectivity index (χ4v) is 2.62. The van der Waals surface area contributed by atoms with E-state index in [-0.39, 0.29) is 11.9 Å². The number of benzene rings is 2. The maximum atomic E-state index is 12.7. The van der Waals surface area contributed by atoms with Crippen molar-refractivity contribution in [3.8, 4) is 0 Å². The van der Waals surface area contributed by atoms with Gasteiger partial charge in [-0.05, 0) is 44.0 Å². The van der Waals surface area contributed by atoms with E-state index in [4.69, 9.17) is 0 Å². The van der Waals surface area contributed by atoms with Crippen LogP contribution in [-0.4, -0.2) is 17.9 Å². The molecule has 0 aromatic heterocycles. The van der Waals surface area contributed by atoms with Gasteiger partial charge in [0, 0.05) is 17.1 Å². The molecule has 21 heavy (non-hydrogen) atoms. The van der Waals surface area contributed by atoms with Crippen molar-refractivity contribution in [1.82, 2.24) is 4.90 Å². The molecular weight excluding hydrogens is 326 g/mol. The summed E-state index contributed by atoms with van der Waals surface area (Å²) in [4.78, 5) is 14.5. The quantitative estimate of drug-likeness (QED) is 0.774. The topological polar surface area (TPSA) is 20.3 Å². The van der Waals surface area contributed by atoms with Gasteiger partial charge in [0.2, 0.25) is 0 Å². The van der Waals surface area contributed by atoms with E-state index in [2.05, 4.69) is 54.0 Å². The first-order valence-corrected chi connectivity index (χ1v) is 7.79. The lowest BCUT2D eigenvalue weighted by Gasteiger charge is -2.26. The number of nitrogens with zero attached hydrogens (tertiary/aromatic N) is 1. The van der Waals surface area contributed by atoms with E-state index in [1.165, 1.54) is 5.56 Å². The minimum Gasteiger partial charge on any atom is -0.335 e. The third-order valence-corrected chi connectivity index (χ3v) is 4.38. The van der Waals surface area contributed by atoms with Gasteiger partial charge in [0.15, 0.2) is 0 Å². The molecular formula is C18H20BrNO. The average Bonchev–Trinajstić information content (AvgIpc) is 2.48. The average molecular weight is 346 g/mol. The van der Waals surface area contributed by atoms with E-state index in [1.807, 2.05) is 32.2 Å². The Bertz CT molecular complexity index is 649. The van der Waals surface area contributed by atoms with Crippen LogP contribution in [0.4, 0.5) is 0 Å². The zero-order chi connectivity index (χ0) is 15.6. The molecule has 0 saturated heterocycles. The van der Waals surface area contributed by atoms with Gasteiger partial charge in [-0.2, -0.15) is 0 Å². The summed E-state index contributed by atoms with van der Waals surface area (Å²) in [6, 6.07) is 14.2. The molecule has 1 atom stereocenters. The van der Waals surface area contributed by atoms with Gasteiger partial charge >= 0.3 is 0 Å². The molecule has 0 bridgehead atoms. The molecule has 1 amide bonds. The highest BCUT2D eigenvalue weighted by Crippen LogP contribution is 2.23. The third-order valence-electron chi connectivity index (χ3n) is 3.89. The summed E-state index contributed by atoms with van der Waals surface area (Å²) in [5, 5.41) is 0. The molecule has 0 fully saturated rings. The minimum atomic E-state index is 0.0384. The van der Waals surface area contributed by atoms with Crippen molar-refractivity contribution in [2.75, 3.05) is 7.05 Å². The summed E-state index contributed by atoms with van der Waals surface area (Å²) in [5.41, 5.74) is 4.10. The van der Waals surface area contributed by atoms with Gasteiger partial charge < -0.3 is 4.90 Å². The normalized spacial score (nSPS) is 12.0. The molecule has 0 aliphatic rings. The second-order valence-corrected chi connectivity index (χ2v) is 6.38. The van der Waals surface area contributed by atoms with E-state index < -0.39 is 0 Å². The van der Waals surface area contributed by atoms with Gasteiger partial charge in [0.25, 0.3) is 5.91 Å². The van der Waals surface area contributed by atoms with Crippen molar-refractivity contribution in [2.45, 2.75) is 26.8 Å². The van der Waals surface area contributed by atoms with Crippen LogP contribution in [-0.2, 0) is 0 Å². The van der Waals surface area contributed by atoms with Crippen LogP contribution in [0.25, 0.3) is 0 Å². The lowest BCUT2D eigenvalue weighted by atomic mass is 10.0. The van der Waals surface area contributed by atoms with Crippen LogP contribution in [0.5, 0.6) is 0 Å². The monoisotopic (exact) mass is 345 g/mol. The third kappa shape index (κ3) is 3.53.